The van der Waals surface area contributed by atoms with Gasteiger partial charge in [-0.3, -0.25) is 9.13 Å². The lowest BCUT2D eigenvalue weighted by molar-refractivity contribution is 0.660. The Balaban J connectivity index is 1.24. The lowest BCUT2D eigenvalue weighted by Crippen LogP contribution is -2.14. The molecule has 0 bridgehead atoms. The third-order valence-corrected chi connectivity index (χ3v) is 11.9. The van der Waals surface area contributed by atoms with Crippen LogP contribution in [0, 0.1) is 0 Å². The Labute approximate surface area is 410 Å². The van der Waals surface area contributed by atoms with Crippen LogP contribution in [0.4, 0.5) is 0 Å². The summed E-state index contributed by atoms with van der Waals surface area (Å²) < 4.78 is 220. The van der Waals surface area contributed by atoms with Crippen LogP contribution in [-0.4, -0.2) is 24.1 Å². The third-order valence-electron chi connectivity index (χ3n) is 11.9. The molecule has 9 aromatic carbocycles. The summed E-state index contributed by atoms with van der Waals surface area (Å²) in [6, 6.07) is 0.772. The molecule has 0 atom stereocenters. The van der Waals surface area contributed by atoms with Crippen molar-refractivity contribution in [2.24, 2.45) is 0 Å². The Morgan fingerprint density at radius 1 is 0.400 bits per heavy atom. The normalized spacial score (nSPS) is 18.1. The smallest absolute Gasteiger partial charge is 0.240 e. The van der Waals surface area contributed by atoms with Crippen LogP contribution in [0.25, 0.3) is 111 Å². The molecule has 1 aliphatic carbocycles. The Kier molecular flexibility index (Phi) is 4.49. The van der Waals surface area contributed by atoms with Crippen molar-refractivity contribution in [3.05, 3.63) is 223 Å². The van der Waals surface area contributed by atoms with Crippen molar-refractivity contribution in [2.75, 3.05) is 0 Å². The highest BCUT2D eigenvalue weighted by atomic mass is 15.3. The zero-order chi connectivity index (χ0) is 64.1. The van der Waals surface area contributed by atoms with Gasteiger partial charge in [-0.25, -0.2) is 0 Å². The van der Waals surface area contributed by atoms with Gasteiger partial charge in [-0.1, -0.05) is 195 Å². The average Bonchev–Trinajstić information content (AvgIpc) is 1.58. The van der Waals surface area contributed by atoms with Crippen LogP contribution in [-0.2, 0) is 5.41 Å². The minimum absolute atomic E-state index is 0.182. The number of aromatic nitrogens is 5. The summed E-state index contributed by atoms with van der Waals surface area (Å²) in [6.07, 6.45) is 0. The molecule has 0 spiro atoms. The number of nitrogens with zero attached hydrogens (tertiary/aromatic N) is 5. The summed E-state index contributed by atoms with van der Waals surface area (Å²) in [6.45, 7) is 4.23. The minimum Gasteiger partial charge on any atom is -0.278 e. The van der Waals surface area contributed by atoms with Crippen LogP contribution in [0.3, 0.4) is 0 Å². The Morgan fingerprint density at radius 2 is 0.892 bits per heavy atom. The molecule has 3 aromatic heterocycles. The predicted octanol–water partition coefficient (Wildman–Crippen LogP) is 15.0. The predicted molar refractivity (Wildman–Crippen MR) is 268 cm³/mol. The number of hydrogen-bond acceptors (Lipinski definition) is 3. The van der Waals surface area contributed by atoms with Gasteiger partial charge in [0.1, 0.15) is 0 Å². The van der Waals surface area contributed by atoms with Crippen LogP contribution in [0.1, 0.15) is 57.9 Å². The van der Waals surface area contributed by atoms with Gasteiger partial charge in [-0.05, 0) is 85.9 Å². The Morgan fingerprint density at radius 3 is 1.51 bits per heavy atom. The number of hydrogen-bond donors (Lipinski definition) is 0. The second-order valence-electron chi connectivity index (χ2n) is 15.8. The van der Waals surface area contributed by atoms with Gasteiger partial charge in [0.05, 0.1) is 55.0 Å². The zero-order valence-electron chi connectivity index (χ0n) is 58.1. The zero-order valence-corrected chi connectivity index (χ0v) is 34.1. The second kappa shape index (κ2) is 14.3. The molecular weight excluding hydrogens is 791 g/mol. The van der Waals surface area contributed by atoms with Crippen LogP contribution >= 0.6 is 0 Å². The Bertz CT molecular complexity index is 5000. The SMILES string of the molecule is [2H]c1c([2H])c([2H])c(-c2c([2H])c([2H])c3c4c([2H])c([2H])c([2H])c([2H])c4n(-c4nc(-c5cccc(-c6cccc7c6-c6ccccc6C7(C)C)c5)nc(-n5c6c([2H])c([2H])c([2H])c([2H])c6c6c([2H])c([2H])c(-c7c([2H])c([2H])c([2H])c([2H])c7[2H])c([2H])c65)n4)c3c2[2H])c([2H])c1[2H]. The van der Waals surface area contributed by atoms with Gasteiger partial charge in [-0.2, -0.15) is 15.0 Å². The van der Waals surface area contributed by atoms with E-state index in [1.807, 2.05) is 42.5 Å². The van der Waals surface area contributed by atoms with Gasteiger partial charge >= 0.3 is 0 Å². The van der Waals surface area contributed by atoms with Crippen molar-refractivity contribution >= 4 is 43.6 Å². The summed E-state index contributed by atoms with van der Waals surface area (Å²) in [5.41, 5.74) is 0.302. The van der Waals surface area contributed by atoms with E-state index in [2.05, 4.69) is 19.9 Å². The third kappa shape index (κ3) is 5.75. The molecule has 5 nitrogen and oxygen atoms in total. The highest BCUT2D eigenvalue weighted by molar-refractivity contribution is 6.11. The van der Waals surface area contributed by atoms with Gasteiger partial charge in [0.15, 0.2) is 5.82 Å². The molecule has 0 fully saturated rings. The lowest BCUT2D eigenvalue weighted by Gasteiger charge is -2.21. The fraction of sp³-hybridized carbons (Fsp3) is 0.0500. The number of fused-ring (bicyclic) bond motifs is 9. The largest absolute Gasteiger partial charge is 0.278 e. The fourth-order valence-electron chi connectivity index (χ4n) is 8.93. The molecule has 0 saturated heterocycles. The number of rotatable bonds is 6. The van der Waals surface area contributed by atoms with Gasteiger partial charge < -0.3 is 0 Å². The maximum absolute atomic E-state index is 10.0. The maximum Gasteiger partial charge on any atom is 0.240 e. The summed E-state index contributed by atoms with van der Waals surface area (Å²) >= 11 is 0. The first kappa shape index (κ1) is 20.4. The van der Waals surface area contributed by atoms with E-state index in [4.69, 9.17) is 34.1 Å². The molecular formula is C60H41N5. The highest BCUT2D eigenvalue weighted by Gasteiger charge is 2.36. The summed E-state index contributed by atoms with van der Waals surface area (Å²) in [4.78, 5) is 14.8. The molecule has 12 aromatic rings. The summed E-state index contributed by atoms with van der Waals surface area (Å²) in [5, 5.41) is -1.81. The first-order valence-electron chi connectivity index (χ1n) is 32.3. The van der Waals surface area contributed by atoms with Gasteiger partial charge in [0.25, 0.3) is 0 Å². The molecule has 0 saturated carbocycles. The van der Waals surface area contributed by atoms with Gasteiger partial charge in [0, 0.05) is 32.5 Å². The van der Waals surface area contributed by atoms with E-state index >= 15 is 0 Å². The molecule has 13 rings (SSSR count). The molecule has 0 unspecified atom stereocenters. The average molecular weight is 856 g/mol. The van der Waals surface area contributed by atoms with E-state index in [-0.39, 0.29) is 11.4 Å². The first-order chi connectivity index (χ1) is 42.0. The molecule has 1 aliphatic rings. The van der Waals surface area contributed by atoms with E-state index in [1.165, 1.54) is 0 Å². The summed E-state index contributed by atoms with van der Waals surface area (Å²) in [7, 11) is 0. The van der Waals surface area contributed by atoms with Gasteiger partial charge in [0.2, 0.25) is 11.9 Å². The van der Waals surface area contributed by atoms with Crippen LogP contribution in [0.15, 0.2) is 212 Å². The van der Waals surface area contributed by atoms with Crippen LogP contribution < -0.4 is 0 Å². The topological polar surface area (TPSA) is 48.5 Å². The van der Waals surface area contributed by atoms with E-state index in [0.717, 1.165) is 37.0 Å². The van der Waals surface area contributed by atoms with Crippen LogP contribution in [0.5, 0.6) is 0 Å². The number of benzene rings is 9. The van der Waals surface area contributed by atoms with Crippen molar-refractivity contribution < 1.29 is 32.9 Å². The quantitative estimate of drug-likeness (QED) is 0.167. The first-order valence-corrected chi connectivity index (χ1v) is 20.3. The van der Waals surface area contributed by atoms with E-state index in [1.54, 1.807) is 18.2 Å². The van der Waals surface area contributed by atoms with Crippen molar-refractivity contribution in [1.82, 2.24) is 24.1 Å². The molecule has 0 N–H and O–H groups in total. The van der Waals surface area contributed by atoms with Crippen molar-refractivity contribution in [1.29, 1.82) is 0 Å². The Hall–Kier alpha value is -8.41. The van der Waals surface area contributed by atoms with E-state index in [0.29, 0.717) is 5.56 Å². The standard InChI is InChI=1S/C60H41N5/c1-60(2)50-27-12-9-25-49(50)56-44(26-16-28-51(56)60)42-21-15-22-43(35-42)57-61-58(64-52-29-13-10-23-45(52)47-33-31-40(36-54(47)64)38-17-5-3-6-18-38)63-59(62-57)65-53-30-14-11-24-46(53)48-34-32-41(37-55(48)65)39-19-7-4-8-20-39/h3-37H,1-2H3/i3D,4D,5D,6D,7D,8D,10D,11D,13D,14D,17D,18D,19D,20D,23D,24D,29D,30D,31D,32D,33D,34D,36D,37D. The molecule has 0 aliphatic heterocycles. The van der Waals surface area contributed by atoms with E-state index in [9.17, 15) is 13.7 Å². The van der Waals surface area contributed by atoms with E-state index < -0.39 is 228 Å². The lowest BCUT2D eigenvalue weighted by atomic mass is 9.82. The molecule has 65 heavy (non-hydrogen) atoms. The molecule has 306 valence electrons. The van der Waals surface area contributed by atoms with Crippen molar-refractivity contribution in [3.8, 4) is 67.8 Å². The molecule has 5 heteroatoms. The fourth-order valence-corrected chi connectivity index (χ4v) is 8.93. The number of para-hydroxylation sites is 2. The molecule has 3 heterocycles. The van der Waals surface area contributed by atoms with Crippen molar-refractivity contribution in [3.63, 3.8) is 0 Å². The monoisotopic (exact) mass is 855 g/mol. The van der Waals surface area contributed by atoms with Gasteiger partial charge in [-0.15, -0.1) is 0 Å². The molecule has 0 radical (unpaired) electrons. The van der Waals surface area contributed by atoms with Crippen LogP contribution in [0.2, 0.25) is 0 Å². The highest BCUT2D eigenvalue weighted by Crippen LogP contribution is 2.52. The maximum atomic E-state index is 10.0. The second-order valence-corrected chi connectivity index (χ2v) is 15.8. The minimum atomic E-state index is -0.864. The summed E-state index contributed by atoms with van der Waals surface area (Å²) in [5.74, 6) is -1.66. The van der Waals surface area contributed by atoms with Crippen molar-refractivity contribution in [2.45, 2.75) is 19.3 Å². The molecule has 0 amide bonds.